The van der Waals surface area contributed by atoms with Crippen molar-refractivity contribution < 1.29 is 24.3 Å². The third-order valence-electron chi connectivity index (χ3n) is 5.48. The van der Waals surface area contributed by atoms with Crippen molar-refractivity contribution in [2.45, 2.75) is 57.3 Å². The number of benzene rings is 1. The Bertz CT molecular complexity index is 812. The number of rotatable bonds is 15. The summed E-state index contributed by atoms with van der Waals surface area (Å²) in [7, 11) is 0. The summed E-state index contributed by atoms with van der Waals surface area (Å²) in [5, 5.41) is 17.3. The predicted molar refractivity (Wildman–Crippen MR) is 138 cm³/mol. The highest BCUT2D eigenvalue weighted by Gasteiger charge is 2.31. The first kappa shape index (κ1) is 29.8. The Hall–Kier alpha value is -2.24. The first-order valence-electron chi connectivity index (χ1n) is 11.2. The fraction of sp³-hybridized carbons (Fsp3) is 0.565. The fourth-order valence-electron chi connectivity index (χ4n) is 3.12. The van der Waals surface area contributed by atoms with Crippen LogP contribution >= 0.6 is 24.4 Å². The van der Waals surface area contributed by atoms with Crippen molar-refractivity contribution in [3.8, 4) is 0 Å². The largest absolute Gasteiger partial charge is 0.480 e. The molecule has 0 radical (unpaired) electrons. The molecule has 1 rings (SSSR count). The minimum absolute atomic E-state index is 0.00286. The molecule has 3 amide bonds. The van der Waals surface area contributed by atoms with Crippen molar-refractivity contribution in [3.63, 3.8) is 0 Å². The predicted octanol–water partition coefficient (Wildman–Crippen LogP) is 0.824. The van der Waals surface area contributed by atoms with E-state index in [-0.39, 0.29) is 18.1 Å². The molecule has 0 spiro atoms. The Balaban J connectivity index is 3.00. The number of thiol groups is 1. The molecule has 1 aromatic carbocycles. The van der Waals surface area contributed by atoms with Crippen LogP contribution in [0.5, 0.6) is 0 Å². The van der Waals surface area contributed by atoms with Crippen LogP contribution in [0.3, 0.4) is 0 Å². The number of carbonyl (C=O) groups excluding carboxylic acids is 3. The van der Waals surface area contributed by atoms with Gasteiger partial charge in [0.2, 0.25) is 17.7 Å². The molecule has 5 unspecified atom stereocenters. The van der Waals surface area contributed by atoms with E-state index in [0.717, 1.165) is 5.56 Å². The number of carbonyl (C=O) groups is 4. The number of hydrogen-bond donors (Lipinski definition) is 6. The first-order valence-corrected chi connectivity index (χ1v) is 13.2. The third-order valence-corrected chi connectivity index (χ3v) is 6.49. The van der Waals surface area contributed by atoms with Gasteiger partial charge in [-0.3, -0.25) is 14.4 Å². The molecule has 0 aliphatic heterocycles. The molecule has 0 heterocycles. The van der Waals surface area contributed by atoms with Gasteiger partial charge in [0.15, 0.2) is 0 Å². The summed E-state index contributed by atoms with van der Waals surface area (Å²) >= 11 is 5.73. The average Bonchev–Trinajstić information content (AvgIpc) is 2.83. The number of carboxylic acids is 1. The minimum Gasteiger partial charge on any atom is -0.480 e. The van der Waals surface area contributed by atoms with Crippen LogP contribution in [0.25, 0.3) is 0 Å². The Kier molecular flexibility index (Phi) is 13.7. The van der Waals surface area contributed by atoms with E-state index in [1.165, 1.54) is 0 Å². The van der Waals surface area contributed by atoms with Gasteiger partial charge in [0.25, 0.3) is 0 Å². The lowest BCUT2D eigenvalue weighted by molar-refractivity contribution is -0.143. The summed E-state index contributed by atoms with van der Waals surface area (Å²) in [5.74, 6) is -2.45. The van der Waals surface area contributed by atoms with E-state index >= 15 is 0 Å². The smallest absolute Gasteiger partial charge is 0.326 e. The lowest BCUT2D eigenvalue weighted by atomic mass is 9.98. The van der Waals surface area contributed by atoms with Gasteiger partial charge in [-0.05, 0) is 29.9 Å². The van der Waals surface area contributed by atoms with E-state index in [2.05, 4.69) is 28.6 Å². The topological polar surface area (TPSA) is 151 Å². The highest BCUT2D eigenvalue weighted by molar-refractivity contribution is 7.98. The summed E-state index contributed by atoms with van der Waals surface area (Å²) < 4.78 is 0. The number of aliphatic carboxylic acids is 1. The summed E-state index contributed by atoms with van der Waals surface area (Å²) in [4.78, 5) is 50.0. The van der Waals surface area contributed by atoms with Crippen molar-refractivity contribution in [2.75, 3.05) is 17.8 Å². The standard InChI is InChI=1S/C23H36N4O5S2/c1-4-14(2)19(23(31)32)27-21(29)17(12-15-8-6-5-7-9-15)25-22(30)18(13-33)26-20(28)16(24)10-11-34-3/h5-9,14,16-19,33H,4,10-13,24H2,1-3H3,(H,25,30)(H,26,28)(H,27,29)(H,31,32). The van der Waals surface area contributed by atoms with Crippen molar-refractivity contribution >= 4 is 48.1 Å². The second-order valence-electron chi connectivity index (χ2n) is 8.09. The minimum atomic E-state index is -1.15. The molecular formula is C23H36N4O5S2. The maximum Gasteiger partial charge on any atom is 0.326 e. The second kappa shape index (κ2) is 15.6. The molecule has 1 aromatic rings. The van der Waals surface area contributed by atoms with Crippen LogP contribution in [-0.2, 0) is 25.6 Å². The molecule has 5 atom stereocenters. The van der Waals surface area contributed by atoms with Gasteiger partial charge in [-0.2, -0.15) is 24.4 Å². The average molecular weight is 513 g/mol. The molecule has 0 saturated carbocycles. The van der Waals surface area contributed by atoms with Gasteiger partial charge in [0.05, 0.1) is 6.04 Å². The quantitative estimate of drug-likeness (QED) is 0.190. The number of amides is 3. The Morgan fingerprint density at radius 1 is 1.03 bits per heavy atom. The monoisotopic (exact) mass is 512 g/mol. The number of hydrogen-bond acceptors (Lipinski definition) is 7. The molecule has 34 heavy (non-hydrogen) atoms. The zero-order valence-electron chi connectivity index (χ0n) is 19.8. The van der Waals surface area contributed by atoms with Gasteiger partial charge in [-0.25, -0.2) is 4.79 Å². The van der Waals surface area contributed by atoms with Crippen LogP contribution in [0.2, 0.25) is 0 Å². The lowest BCUT2D eigenvalue weighted by Gasteiger charge is -2.26. The number of nitrogens with one attached hydrogen (secondary N) is 3. The molecule has 0 aromatic heterocycles. The lowest BCUT2D eigenvalue weighted by Crippen LogP contribution is -2.58. The van der Waals surface area contributed by atoms with E-state index < -0.39 is 47.9 Å². The summed E-state index contributed by atoms with van der Waals surface area (Å²) in [5.41, 5.74) is 6.66. The van der Waals surface area contributed by atoms with Crippen molar-refractivity contribution in [2.24, 2.45) is 11.7 Å². The van der Waals surface area contributed by atoms with Crippen LogP contribution in [-0.4, -0.2) is 70.7 Å². The summed E-state index contributed by atoms with van der Waals surface area (Å²) in [6.07, 6.45) is 3.06. The Morgan fingerprint density at radius 2 is 1.62 bits per heavy atom. The molecule has 0 aliphatic carbocycles. The van der Waals surface area contributed by atoms with Crippen molar-refractivity contribution in [1.82, 2.24) is 16.0 Å². The van der Waals surface area contributed by atoms with Gasteiger partial charge in [-0.15, -0.1) is 0 Å². The molecule has 9 nitrogen and oxygen atoms in total. The molecule has 190 valence electrons. The molecule has 11 heteroatoms. The maximum absolute atomic E-state index is 13.1. The Morgan fingerprint density at radius 3 is 2.15 bits per heavy atom. The SMILES string of the molecule is CCC(C)C(NC(=O)C(Cc1ccccc1)NC(=O)C(CS)NC(=O)C(N)CCSC)C(=O)O. The van der Waals surface area contributed by atoms with E-state index in [1.54, 1.807) is 43.0 Å². The maximum atomic E-state index is 13.1. The normalized spacial score (nSPS) is 15.3. The zero-order chi connectivity index (χ0) is 25.7. The highest BCUT2D eigenvalue weighted by Crippen LogP contribution is 2.10. The van der Waals surface area contributed by atoms with E-state index in [9.17, 15) is 24.3 Å². The van der Waals surface area contributed by atoms with Crippen molar-refractivity contribution in [1.29, 1.82) is 0 Å². The van der Waals surface area contributed by atoms with Gasteiger partial charge in [-0.1, -0.05) is 50.6 Å². The number of carboxylic acid groups (broad SMARTS) is 1. The molecule has 0 saturated heterocycles. The van der Waals surface area contributed by atoms with E-state index in [1.807, 2.05) is 19.2 Å². The zero-order valence-corrected chi connectivity index (χ0v) is 21.5. The van der Waals surface area contributed by atoms with Gasteiger partial charge >= 0.3 is 5.97 Å². The number of nitrogens with two attached hydrogens (primary N) is 1. The van der Waals surface area contributed by atoms with Crippen LogP contribution in [0.4, 0.5) is 0 Å². The van der Waals surface area contributed by atoms with E-state index in [4.69, 9.17) is 5.73 Å². The second-order valence-corrected chi connectivity index (χ2v) is 9.44. The van der Waals surface area contributed by atoms with Crippen molar-refractivity contribution in [3.05, 3.63) is 35.9 Å². The van der Waals surface area contributed by atoms with Crippen LogP contribution in [0.1, 0.15) is 32.3 Å². The van der Waals surface area contributed by atoms with Crippen LogP contribution < -0.4 is 21.7 Å². The summed E-state index contributed by atoms with van der Waals surface area (Å²) in [6, 6.07) is 5.12. The highest BCUT2D eigenvalue weighted by atomic mass is 32.2. The molecule has 6 N–H and O–H groups in total. The Labute approximate surface area is 210 Å². The molecule has 0 fully saturated rings. The first-order chi connectivity index (χ1) is 16.1. The van der Waals surface area contributed by atoms with Gasteiger partial charge < -0.3 is 26.8 Å². The van der Waals surface area contributed by atoms with Gasteiger partial charge in [0.1, 0.15) is 18.1 Å². The van der Waals surface area contributed by atoms with Gasteiger partial charge in [0, 0.05) is 12.2 Å². The third kappa shape index (κ3) is 9.94. The van der Waals surface area contributed by atoms with Crippen LogP contribution in [0, 0.1) is 5.92 Å². The molecule has 0 aliphatic rings. The number of thioether (sulfide) groups is 1. The van der Waals surface area contributed by atoms with E-state index in [0.29, 0.717) is 18.6 Å². The van der Waals surface area contributed by atoms with Crippen LogP contribution in [0.15, 0.2) is 30.3 Å². The molecule has 0 bridgehead atoms. The summed E-state index contributed by atoms with van der Waals surface area (Å²) in [6.45, 7) is 3.57. The fourth-order valence-corrected chi connectivity index (χ4v) is 3.86. The molecular weight excluding hydrogens is 476 g/mol.